The predicted octanol–water partition coefficient (Wildman–Crippen LogP) is 3.97. The summed E-state index contributed by atoms with van der Waals surface area (Å²) in [6.45, 7) is 0.480. The SMILES string of the molecule is COC(=O)C(N)Cc1c[nH]c2c(OCc3ccccc3)ccc(Br)c12.Cl. The van der Waals surface area contributed by atoms with Crippen molar-refractivity contribution in [2.45, 2.75) is 19.1 Å². The van der Waals surface area contributed by atoms with Crippen LogP contribution in [0.4, 0.5) is 0 Å². The number of aromatic nitrogens is 1. The second kappa shape index (κ2) is 9.07. The lowest BCUT2D eigenvalue weighted by atomic mass is 10.1. The average molecular weight is 440 g/mol. The Kier molecular flexibility index (Phi) is 7.08. The lowest BCUT2D eigenvalue weighted by Crippen LogP contribution is -2.33. The normalized spacial score (nSPS) is 11.7. The van der Waals surface area contributed by atoms with Gasteiger partial charge in [0, 0.05) is 22.5 Å². The Bertz CT molecular complexity index is 883. The molecule has 0 aliphatic heterocycles. The standard InChI is InChI=1S/C19H19BrN2O3.ClH/c1-24-19(23)15(21)9-13-10-22-18-16(8-7-14(20)17(13)18)25-11-12-5-3-2-4-6-12;/h2-8,10,15,22H,9,11,21H2,1H3;1H. The van der Waals surface area contributed by atoms with E-state index in [4.69, 9.17) is 15.2 Å². The van der Waals surface area contributed by atoms with E-state index in [2.05, 4.69) is 20.9 Å². The maximum atomic E-state index is 11.6. The van der Waals surface area contributed by atoms with E-state index in [1.54, 1.807) is 0 Å². The van der Waals surface area contributed by atoms with E-state index in [1.165, 1.54) is 7.11 Å². The monoisotopic (exact) mass is 438 g/mol. The number of aromatic amines is 1. The zero-order valence-electron chi connectivity index (χ0n) is 14.2. The summed E-state index contributed by atoms with van der Waals surface area (Å²) in [5.41, 5.74) is 8.80. The number of carbonyl (C=O) groups is 1. The molecule has 0 spiro atoms. The summed E-state index contributed by atoms with van der Waals surface area (Å²) in [5.74, 6) is 0.321. The second-order valence-corrected chi connectivity index (χ2v) is 6.57. The van der Waals surface area contributed by atoms with Crippen molar-refractivity contribution < 1.29 is 14.3 Å². The van der Waals surface area contributed by atoms with E-state index in [9.17, 15) is 4.79 Å². The molecule has 0 saturated carbocycles. The fraction of sp³-hybridized carbons (Fsp3) is 0.211. The van der Waals surface area contributed by atoms with Gasteiger partial charge < -0.3 is 20.2 Å². The Balaban J connectivity index is 0.00000243. The number of H-pyrrole nitrogens is 1. The van der Waals surface area contributed by atoms with Gasteiger partial charge >= 0.3 is 5.97 Å². The largest absolute Gasteiger partial charge is 0.487 e. The molecule has 0 aliphatic rings. The summed E-state index contributed by atoms with van der Waals surface area (Å²) in [6, 6.07) is 13.1. The molecule has 0 aliphatic carbocycles. The summed E-state index contributed by atoms with van der Waals surface area (Å²) in [6.07, 6.45) is 2.24. The Morgan fingerprint density at radius 1 is 1.23 bits per heavy atom. The van der Waals surface area contributed by atoms with Crippen LogP contribution in [-0.2, 0) is 22.6 Å². The molecule has 5 nitrogen and oxygen atoms in total. The van der Waals surface area contributed by atoms with Crippen LogP contribution < -0.4 is 10.5 Å². The minimum Gasteiger partial charge on any atom is -0.487 e. The number of nitrogens with one attached hydrogen (secondary N) is 1. The molecule has 1 unspecified atom stereocenters. The van der Waals surface area contributed by atoms with Gasteiger partial charge in [-0.15, -0.1) is 12.4 Å². The van der Waals surface area contributed by atoms with Gasteiger partial charge in [-0.2, -0.15) is 0 Å². The van der Waals surface area contributed by atoms with Gasteiger partial charge in [0.2, 0.25) is 0 Å². The lowest BCUT2D eigenvalue weighted by Gasteiger charge is -2.10. The average Bonchev–Trinajstić information content (AvgIpc) is 3.06. The third-order valence-electron chi connectivity index (χ3n) is 4.01. The highest BCUT2D eigenvalue weighted by molar-refractivity contribution is 9.10. The minimum absolute atomic E-state index is 0. The maximum Gasteiger partial charge on any atom is 0.322 e. The van der Waals surface area contributed by atoms with E-state index in [1.807, 2.05) is 48.7 Å². The summed E-state index contributed by atoms with van der Waals surface area (Å²) in [4.78, 5) is 14.8. The van der Waals surface area contributed by atoms with Crippen LogP contribution in [0.5, 0.6) is 5.75 Å². The molecule has 0 amide bonds. The van der Waals surface area contributed by atoms with Crippen LogP contribution >= 0.6 is 28.3 Å². The number of rotatable bonds is 6. The van der Waals surface area contributed by atoms with Crippen molar-refractivity contribution >= 4 is 45.2 Å². The van der Waals surface area contributed by atoms with Gasteiger partial charge in [0.1, 0.15) is 18.4 Å². The molecule has 0 bridgehead atoms. The van der Waals surface area contributed by atoms with Gasteiger partial charge in [-0.25, -0.2) is 0 Å². The first-order valence-electron chi connectivity index (χ1n) is 7.88. The second-order valence-electron chi connectivity index (χ2n) is 5.72. The number of benzene rings is 2. The van der Waals surface area contributed by atoms with Gasteiger partial charge in [-0.3, -0.25) is 4.79 Å². The molecule has 3 rings (SSSR count). The minimum atomic E-state index is -0.704. The van der Waals surface area contributed by atoms with Gasteiger partial charge in [-0.1, -0.05) is 46.3 Å². The van der Waals surface area contributed by atoms with Crippen molar-refractivity contribution in [2.24, 2.45) is 5.73 Å². The molecule has 138 valence electrons. The van der Waals surface area contributed by atoms with Gasteiger partial charge in [0.05, 0.1) is 12.6 Å². The van der Waals surface area contributed by atoms with Crippen LogP contribution in [0.15, 0.2) is 53.1 Å². The Morgan fingerprint density at radius 3 is 2.65 bits per heavy atom. The van der Waals surface area contributed by atoms with Gasteiger partial charge in [0.25, 0.3) is 0 Å². The topological polar surface area (TPSA) is 77.3 Å². The molecule has 0 saturated heterocycles. The molecular formula is C19H20BrClN2O3. The lowest BCUT2D eigenvalue weighted by molar-refractivity contribution is -0.142. The number of nitrogens with two attached hydrogens (primary N) is 1. The number of halogens is 2. The van der Waals surface area contributed by atoms with Crippen molar-refractivity contribution in [3.05, 3.63) is 64.3 Å². The van der Waals surface area contributed by atoms with Crippen LogP contribution in [0.2, 0.25) is 0 Å². The molecule has 3 aromatic rings. The quantitative estimate of drug-likeness (QED) is 0.570. The van der Waals surface area contributed by atoms with E-state index in [-0.39, 0.29) is 12.4 Å². The first-order valence-corrected chi connectivity index (χ1v) is 8.68. The molecule has 0 fully saturated rings. The number of ether oxygens (including phenoxy) is 2. The van der Waals surface area contributed by atoms with Gasteiger partial charge in [0.15, 0.2) is 0 Å². The fourth-order valence-electron chi connectivity index (χ4n) is 2.74. The smallest absolute Gasteiger partial charge is 0.322 e. The predicted molar refractivity (Wildman–Crippen MR) is 108 cm³/mol. The number of hydrogen-bond donors (Lipinski definition) is 2. The zero-order chi connectivity index (χ0) is 17.8. The van der Waals surface area contributed by atoms with Crippen molar-refractivity contribution in [1.82, 2.24) is 4.98 Å². The maximum absolute atomic E-state index is 11.6. The molecule has 7 heteroatoms. The Labute approximate surface area is 166 Å². The molecular weight excluding hydrogens is 420 g/mol. The number of esters is 1. The first kappa shape index (κ1) is 20.3. The van der Waals surface area contributed by atoms with Crippen molar-refractivity contribution in [2.75, 3.05) is 7.11 Å². The summed E-state index contributed by atoms with van der Waals surface area (Å²) in [7, 11) is 1.34. The van der Waals surface area contributed by atoms with E-state index >= 15 is 0 Å². The van der Waals surface area contributed by atoms with Gasteiger partial charge in [-0.05, 0) is 23.3 Å². The summed E-state index contributed by atoms with van der Waals surface area (Å²) in [5, 5.41) is 0.963. The summed E-state index contributed by atoms with van der Waals surface area (Å²) < 4.78 is 11.6. The first-order chi connectivity index (χ1) is 12.1. The highest BCUT2D eigenvalue weighted by atomic mass is 79.9. The van der Waals surface area contributed by atoms with E-state index in [0.29, 0.717) is 13.0 Å². The van der Waals surface area contributed by atoms with E-state index in [0.717, 1.165) is 32.3 Å². The molecule has 1 heterocycles. The van der Waals surface area contributed by atoms with Crippen molar-refractivity contribution in [3.63, 3.8) is 0 Å². The molecule has 3 N–H and O–H groups in total. The van der Waals surface area contributed by atoms with Crippen LogP contribution in [0, 0.1) is 0 Å². The van der Waals surface area contributed by atoms with Crippen molar-refractivity contribution in [3.8, 4) is 5.75 Å². The van der Waals surface area contributed by atoms with Crippen LogP contribution in [0.3, 0.4) is 0 Å². The van der Waals surface area contributed by atoms with Crippen LogP contribution in [-0.4, -0.2) is 24.1 Å². The van der Waals surface area contributed by atoms with E-state index < -0.39 is 12.0 Å². The molecule has 26 heavy (non-hydrogen) atoms. The zero-order valence-corrected chi connectivity index (χ0v) is 16.6. The molecule has 1 aromatic heterocycles. The van der Waals surface area contributed by atoms with Crippen LogP contribution in [0.1, 0.15) is 11.1 Å². The number of carbonyl (C=O) groups excluding carboxylic acids is 1. The number of methoxy groups -OCH3 is 1. The number of fused-ring (bicyclic) bond motifs is 1. The van der Waals surface area contributed by atoms with Crippen molar-refractivity contribution in [1.29, 1.82) is 0 Å². The molecule has 0 radical (unpaired) electrons. The Morgan fingerprint density at radius 2 is 1.96 bits per heavy atom. The molecule has 2 aromatic carbocycles. The molecule has 1 atom stereocenters. The number of hydrogen-bond acceptors (Lipinski definition) is 4. The Hall–Kier alpha value is -2.02. The highest BCUT2D eigenvalue weighted by Crippen LogP contribution is 2.34. The third-order valence-corrected chi connectivity index (χ3v) is 4.67. The third kappa shape index (κ3) is 4.38. The highest BCUT2D eigenvalue weighted by Gasteiger charge is 2.19. The van der Waals surface area contributed by atoms with Crippen LogP contribution in [0.25, 0.3) is 10.9 Å². The fourth-order valence-corrected chi connectivity index (χ4v) is 3.32. The summed E-state index contributed by atoms with van der Waals surface area (Å²) >= 11 is 3.57.